The maximum atomic E-state index is 12.5. The molecule has 27 heavy (non-hydrogen) atoms. The summed E-state index contributed by atoms with van der Waals surface area (Å²) in [5.74, 6) is 1.34. The van der Waals surface area contributed by atoms with Crippen LogP contribution in [0.2, 0.25) is 0 Å². The van der Waals surface area contributed by atoms with E-state index in [-0.39, 0.29) is 11.8 Å². The second-order valence-electron chi connectivity index (χ2n) is 6.25. The molecule has 0 aromatic heterocycles. The zero-order valence-corrected chi connectivity index (χ0v) is 16.2. The Morgan fingerprint density at radius 2 is 1.56 bits per heavy atom. The highest BCUT2D eigenvalue weighted by molar-refractivity contribution is 5.93. The third kappa shape index (κ3) is 5.74. The molecule has 1 N–H and O–H groups in total. The predicted octanol–water partition coefficient (Wildman–Crippen LogP) is 2.65. The predicted molar refractivity (Wildman–Crippen MR) is 104 cm³/mol. The normalized spacial score (nSPS) is 10.2. The van der Waals surface area contributed by atoms with Crippen LogP contribution in [-0.2, 0) is 17.8 Å². The van der Waals surface area contributed by atoms with Crippen LogP contribution in [0.3, 0.4) is 0 Å². The van der Waals surface area contributed by atoms with Crippen molar-refractivity contribution in [1.82, 2.24) is 10.2 Å². The van der Waals surface area contributed by atoms with Gasteiger partial charge in [0.2, 0.25) is 5.91 Å². The highest BCUT2D eigenvalue weighted by Crippen LogP contribution is 2.23. The van der Waals surface area contributed by atoms with Crippen molar-refractivity contribution in [2.75, 3.05) is 28.3 Å². The molecule has 0 aliphatic carbocycles. The van der Waals surface area contributed by atoms with Gasteiger partial charge in [0.15, 0.2) is 0 Å². The van der Waals surface area contributed by atoms with Gasteiger partial charge in [-0.25, -0.2) is 0 Å². The Bertz CT molecular complexity index is 765. The summed E-state index contributed by atoms with van der Waals surface area (Å²) in [7, 11) is 6.58. The van der Waals surface area contributed by atoms with Gasteiger partial charge >= 0.3 is 0 Å². The van der Waals surface area contributed by atoms with Gasteiger partial charge in [-0.1, -0.05) is 12.1 Å². The quantitative estimate of drug-likeness (QED) is 0.776. The summed E-state index contributed by atoms with van der Waals surface area (Å²) in [4.78, 5) is 25.7. The Balaban J connectivity index is 1.93. The lowest BCUT2D eigenvalue weighted by atomic mass is 10.1. The van der Waals surface area contributed by atoms with Crippen LogP contribution in [0.5, 0.6) is 11.5 Å². The second-order valence-corrected chi connectivity index (χ2v) is 6.25. The van der Waals surface area contributed by atoms with Gasteiger partial charge in [-0.15, -0.1) is 0 Å². The van der Waals surface area contributed by atoms with E-state index in [4.69, 9.17) is 9.47 Å². The van der Waals surface area contributed by atoms with E-state index in [2.05, 4.69) is 5.32 Å². The fourth-order valence-electron chi connectivity index (χ4n) is 2.72. The van der Waals surface area contributed by atoms with E-state index >= 15 is 0 Å². The van der Waals surface area contributed by atoms with Crippen molar-refractivity contribution in [3.05, 3.63) is 59.2 Å². The molecule has 2 rings (SSSR count). The van der Waals surface area contributed by atoms with Gasteiger partial charge in [0.1, 0.15) is 11.5 Å². The first-order valence-corrected chi connectivity index (χ1v) is 8.73. The maximum Gasteiger partial charge on any atom is 0.251 e. The summed E-state index contributed by atoms with van der Waals surface area (Å²) in [5, 5.41) is 2.59. The van der Waals surface area contributed by atoms with Gasteiger partial charge in [0.05, 0.1) is 14.2 Å². The smallest absolute Gasteiger partial charge is 0.251 e. The number of benzene rings is 2. The van der Waals surface area contributed by atoms with Crippen LogP contribution in [-0.4, -0.2) is 45.0 Å². The van der Waals surface area contributed by atoms with Crippen LogP contribution in [0.25, 0.3) is 0 Å². The van der Waals surface area contributed by atoms with Crippen LogP contribution in [0.1, 0.15) is 27.9 Å². The molecular weight excluding hydrogens is 344 g/mol. The lowest BCUT2D eigenvalue weighted by molar-refractivity contribution is -0.130. The number of hydrogen-bond donors (Lipinski definition) is 1. The van der Waals surface area contributed by atoms with Crippen molar-refractivity contribution in [2.45, 2.75) is 19.4 Å². The molecule has 0 atom stereocenters. The average Bonchev–Trinajstić information content (AvgIpc) is 2.71. The number of carbonyl (C=O) groups is 2. The topological polar surface area (TPSA) is 67.9 Å². The van der Waals surface area contributed by atoms with Gasteiger partial charge in [0.25, 0.3) is 5.91 Å². The fourth-order valence-corrected chi connectivity index (χ4v) is 2.72. The largest absolute Gasteiger partial charge is 0.497 e. The van der Waals surface area contributed by atoms with Crippen LogP contribution < -0.4 is 14.8 Å². The molecule has 2 amide bonds. The Hall–Kier alpha value is -3.02. The molecule has 6 nitrogen and oxygen atoms in total. The molecule has 0 spiro atoms. The van der Waals surface area contributed by atoms with E-state index in [1.54, 1.807) is 51.4 Å². The highest BCUT2D eigenvalue weighted by atomic mass is 16.5. The van der Waals surface area contributed by atoms with Gasteiger partial charge < -0.3 is 19.7 Å². The zero-order chi connectivity index (χ0) is 19.8. The number of nitrogens with zero attached hydrogens (tertiary/aromatic N) is 1. The first-order valence-electron chi connectivity index (χ1n) is 8.73. The van der Waals surface area contributed by atoms with Crippen LogP contribution in [0.4, 0.5) is 0 Å². The molecule has 0 aliphatic rings. The highest BCUT2D eigenvalue weighted by Gasteiger charge is 2.11. The number of amides is 2. The molecule has 6 heteroatoms. The molecule has 144 valence electrons. The van der Waals surface area contributed by atoms with E-state index in [1.807, 2.05) is 24.3 Å². The molecule has 0 bridgehead atoms. The third-order valence-corrected chi connectivity index (χ3v) is 4.33. The average molecular weight is 370 g/mol. The van der Waals surface area contributed by atoms with Crippen molar-refractivity contribution >= 4 is 11.8 Å². The van der Waals surface area contributed by atoms with Crippen molar-refractivity contribution < 1.29 is 19.1 Å². The van der Waals surface area contributed by atoms with E-state index in [1.165, 1.54) is 0 Å². The molecule has 0 unspecified atom stereocenters. The number of hydrogen-bond acceptors (Lipinski definition) is 4. The van der Waals surface area contributed by atoms with Crippen LogP contribution >= 0.6 is 0 Å². The molecule has 0 aliphatic heterocycles. The van der Waals surface area contributed by atoms with E-state index in [9.17, 15) is 9.59 Å². The molecule has 0 saturated carbocycles. The van der Waals surface area contributed by atoms with E-state index in [0.717, 1.165) is 11.1 Å². The van der Waals surface area contributed by atoms with Crippen molar-refractivity contribution in [1.29, 1.82) is 0 Å². The molecule has 0 radical (unpaired) electrons. The van der Waals surface area contributed by atoms with Gasteiger partial charge in [0, 0.05) is 38.7 Å². The fraction of sp³-hybridized carbons (Fsp3) is 0.333. The summed E-state index contributed by atoms with van der Waals surface area (Å²) in [5.41, 5.74) is 2.56. The maximum absolute atomic E-state index is 12.5. The Morgan fingerprint density at radius 3 is 2.07 bits per heavy atom. The number of methoxy groups -OCH3 is 2. The zero-order valence-electron chi connectivity index (χ0n) is 16.2. The van der Waals surface area contributed by atoms with Crippen molar-refractivity contribution in [2.24, 2.45) is 0 Å². The minimum atomic E-state index is -0.125. The lowest BCUT2D eigenvalue weighted by Gasteiger charge is -2.18. The first-order chi connectivity index (χ1) is 13.0. The van der Waals surface area contributed by atoms with Gasteiger partial charge in [-0.3, -0.25) is 9.59 Å². The molecule has 2 aromatic rings. The second kappa shape index (κ2) is 9.62. The Morgan fingerprint density at radius 1 is 0.963 bits per heavy atom. The minimum Gasteiger partial charge on any atom is -0.497 e. The summed E-state index contributed by atoms with van der Waals surface area (Å²) in [6.45, 7) is 0.494. The number of carbonyl (C=O) groups excluding carboxylic acids is 2. The summed E-state index contributed by atoms with van der Waals surface area (Å²) < 4.78 is 10.5. The first kappa shape index (κ1) is 20.3. The SMILES string of the molecule is CNC(=O)c1ccc(CN(C)C(=O)CCc2cc(OC)cc(OC)c2)cc1. The summed E-state index contributed by atoms with van der Waals surface area (Å²) >= 11 is 0. The van der Waals surface area contributed by atoms with Gasteiger partial charge in [-0.05, 0) is 41.8 Å². The summed E-state index contributed by atoms with van der Waals surface area (Å²) in [6.07, 6.45) is 0.996. The monoisotopic (exact) mass is 370 g/mol. The Labute approximate surface area is 160 Å². The van der Waals surface area contributed by atoms with Crippen LogP contribution in [0.15, 0.2) is 42.5 Å². The van der Waals surface area contributed by atoms with E-state index < -0.39 is 0 Å². The molecular formula is C21H26N2O4. The molecule has 0 fully saturated rings. The van der Waals surface area contributed by atoms with Gasteiger partial charge in [-0.2, -0.15) is 0 Å². The van der Waals surface area contributed by atoms with E-state index in [0.29, 0.717) is 36.4 Å². The molecule has 0 heterocycles. The molecule has 0 saturated heterocycles. The van der Waals surface area contributed by atoms with Crippen LogP contribution in [0, 0.1) is 0 Å². The summed E-state index contributed by atoms with van der Waals surface area (Å²) in [6, 6.07) is 12.9. The number of aryl methyl sites for hydroxylation is 1. The number of nitrogens with one attached hydrogen (secondary N) is 1. The van der Waals surface area contributed by atoms with Crippen molar-refractivity contribution in [3.63, 3.8) is 0 Å². The molecule has 2 aromatic carbocycles. The standard InChI is InChI=1S/C21H26N2O4/c1-22-21(25)17-8-5-15(6-9-17)14-23(2)20(24)10-7-16-11-18(26-3)13-19(12-16)27-4/h5-6,8-9,11-13H,7,10,14H2,1-4H3,(H,22,25). The number of ether oxygens (including phenoxy) is 2. The third-order valence-electron chi connectivity index (χ3n) is 4.33. The minimum absolute atomic E-state index is 0.0483. The Kier molecular flexibility index (Phi) is 7.23. The number of rotatable bonds is 8. The lowest BCUT2D eigenvalue weighted by Crippen LogP contribution is -2.26. The van der Waals surface area contributed by atoms with Crippen molar-refractivity contribution in [3.8, 4) is 11.5 Å².